The average Bonchev–Trinajstić information content (AvgIpc) is 2.39. The summed E-state index contributed by atoms with van der Waals surface area (Å²) in [6, 6.07) is 8.66. The van der Waals surface area contributed by atoms with Gasteiger partial charge in [-0.2, -0.15) is 0 Å². The molecule has 19 heavy (non-hydrogen) atoms. The van der Waals surface area contributed by atoms with Crippen molar-refractivity contribution < 1.29 is 4.79 Å². The normalized spacial score (nSPS) is 20.2. The fourth-order valence-corrected chi connectivity index (χ4v) is 2.38. The number of benzene rings is 1. The highest BCUT2D eigenvalue weighted by Crippen LogP contribution is 2.04. The molecule has 4 heteroatoms. The predicted molar refractivity (Wildman–Crippen MR) is 76.9 cm³/mol. The molecule has 1 aromatic carbocycles. The van der Waals surface area contributed by atoms with Gasteiger partial charge >= 0.3 is 0 Å². The fourth-order valence-electron chi connectivity index (χ4n) is 2.38. The van der Waals surface area contributed by atoms with E-state index in [4.69, 9.17) is 0 Å². The third kappa shape index (κ3) is 4.33. The van der Waals surface area contributed by atoms with Gasteiger partial charge in [0.25, 0.3) is 0 Å². The molecule has 1 heterocycles. The van der Waals surface area contributed by atoms with Crippen molar-refractivity contribution in [2.45, 2.75) is 26.4 Å². The van der Waals surface area contributed by atoms with Crippen LogP contribution in [-0.2, 0) is 11.3 Å². The molecule has 1 aliphatic heterocycles. The molecule has 1 fully saturated rings. The van der Waals surface area contributed by atoms with E-state index in [2.05, 4.69) is 41.5 Å². The van der Waals surface area contributed by atoms with Crippen LogP contribution in [0.3, 0.4) is 0 Å². The lowest BCUT2D eigenvalue weighted by Crippen LogP contribution is -2.52. The van der Waals surface area contributed by atoms with E-state index in [-0.39, 0.29) is 5.91 Å². The third-order valence-corrected chi connectivity index (χ3v) is 3.56. The molecular weight excluding hydrogens is 238 g/mol. The topological polar surface area (TPSA) is 44.4 Å². The number of aryl methyl sites for hydroxylation is 1. The lowest BCUT2D eigenvalue weighted by molar-refractivity contribution is -0.123. The summed E-state index contributed by atoms with van der Waals surface area (Å²) >= 11 is 0. The number of nitrogens with one attached hydrogen (secondary N) is 2. The van der Waals surface area contributed by atoms with Crippen molar-refractivity contribution in [1.82, 2.24) is 15.5 Å². The molecular formula is C15H23N3O. The van der Waals surface area contributed by atoms with Gasteiger partial charge in [-0.1, -0.05) is 29.8 Å². The van der Waals surface area contributed by atoms with E-state index in [1.807, 2.05) is 12.1 Å². The number of amides is 1. The zero-order valence-corrected chi connectivity index (χ0v) is 11.8. The summed E-state index contributed by atoms with van der Waals surface area (Å²) < 4.78 is 0. The zero-order valence-electron chi connectivity index (χ0n) is 11.8. The van der Waals surface area contributed by atoms with E-state index in [1.165, 1.54) is 5.56 Å². The van der Waals surface area contributed by atoms with Crippen LogP contribution in [0.15, 0.2) is 24.3 Å². The maximum Gasteiger partial charge on any atom is 0.234 e. The standard InChI is InChI=1S/C15H23N3O/c1-12-4-3-5-14(8-12)10-17-15(19)11-18-7-6-16-9-13(18)2/h3-5,8,13,16H,6-7,9-11H2,1-2H3,(H,17,19)/t13-/m1/s1. The highest BCUT2D eigenvalue weighted by molar-refractivity contribution is 5.78. The van der Waals surface area contributed by atoms with Gasteiger partial charge in [-0.05, 0) is 19.4 Å². The number of rotatable bonds is 4. The predicted octanol–water partition coefficient (Wildman–Crippen LogP) is 0.905. The Labute approximate surface area is 115 Å². The number of hydrogen-bond acceptors (Lipinski definition) is 3. The van der Waals surface area contributed by atoms with Gasteiger partial charge in [0, 0.05) is 32.2 Å². The van der Waals surface area contributed by atoms with E-state index < -0.39 is 0 Å². The molecule has 1 amide bonds. The highest BCUT2D eigenvalue weighted by Gasteiger charge is 2.19. The monoisotopic (exact) mass is 261 g/mol. The maximum atomic E-state index is 11.9. The molecule has 0 spiro atoms. The molecule has 104 valence electrons. The summed E-state index contributed by atoms with van der Waals surface area (Å²) in [5.74, 6) is 0.107. The summed E-state index contributed by atoms with van der Waals surface area (Å²) in [7, 11) is 0. The van der Waals surface area contributed by atoms with Crippen LogP contribution >= 0.6 is 0 Å². The summed E-state index contributed by atoms with van der Waals surface area (Å²) in [5.41, 5.74) is 2.38. The van der Waals surface area contributed by atoms with Gasteiger partial charge in [0.2, 0.25) is 5.91 Å². The van der Waals surface area contributed by atoms with Crippen molar-refractivity contribution in [1.29, 1.82) is 0 Å². The first-order chi connectivity index (χ1) is 9.15. The van der Waals surface area contributed by atoms with Crippen LogP contribution < -0.4 is 10.6 Å². The zero-order chi connectivity index (χ0) is 13.7. The van der Waals surface area contributed by atoms with Gasteiger partial charge in [-0.25, -0.2) is 0 Å². The van der Waals surface area contributed by atoms with Crippen LogP contribution in [0.5, 0.6) is 0 Å². The van der Waals surface area contributed by atoms with E-state index in [0.29, 0.717) is 19.1 Å². The van der Waals surface area contributed by atoms with Gasteiger partial charge in [-0.15, -0.1) is 0 Å². The Morgan fingerprint density at radius 2 is 2.37 bits per heavy atom. The molecule has 0 aliphatic carbocycles. The van der Waals surface area contributed by atoms with Crippen molar-refractivity contribution in [3.05, 3.63) is 35.4 Å². The molecule has 2 N–H and O–H groups in total. The van der Waals surface area contributed by atoms with Crippen LogP contribution in [0.2, 0.25) is 0 Å². The first-order valence-corrected chi connectivity index (χ1v) is 6.92. The number of nitrogens with zero attached hydrogens (tertiary/aromatic N) is 1. The van der Waals surface area contributed by atoms with Crippen LogP contribution in [0.25, 0.3) is 0 Å². The summed E-state index contributed by atoms with van der Waals surface area (Å²) in [6.45, 7) is 8.20. The quantitative estimate of drug-likeness (QED) is 0.846. The summed E-state index contributed by atoms with van der Waals surface area (Å²) in [5, 5.41) is 6.32. The Morgan fingerprint density at radius 1 is 1.53 bits per heavy atom. The molecule has 4 nitrogen and oxygen atoms in total. The number of piperazine rings is 1. The highest BCUT2D eigenvalue weighted by atomic mass is 16.2. The Hall–Kier alpha value is -1.39. The van der Waals surface area contributed by atoms with Crippen molar-refractivity contribution in [3.63, 3.8) is 0 Å². The SMILES string of the molecule is Cc1cccc(CNC(=O)CN2CCNC[C@H]2C)c1. The molecule has 0 unspecified atom stereocenters. The van der Waals surface area contributed by atoms with Crippen LogP contribution in [0, 0.1) is 6.92 Å². The molecule has 1 aromatic rings. The van der Waals surface area contributed by atoms with Crippen molar-refractivity contribution in [2.24, 2.45) is 0 Å². The minimum absolute atomic E-state index is 0.107. The number of carbonyl (C=O) groups excluding carboxylic acids is 1. The van der Waals surface area contributed by atoms with Gasteiger partial charge in [0.05, 0.1) is 6.54 Å². The molecule has 0 saturated carbocycles. The molecule has 2 rings (SSSR count). The van der Waals surface area contributed by atoms with E-state index in [1.54, 1.807) is 0 Å². The van der Waals surface area contributed by atoms with Crippen molar-refractivity contribution >= 4 is 5.91 Å². The largest absolute Gasteiger partial charge is 0.351 e. The second-order valence-corrected chi connectivity index (χ2v) is 5.29. The third-order valence-electron chi connectivity index (χ3n) is 3.56. The van der Waals surface area contributed by atoms with Gasteiger partial charge < -0.3 is 10.6 Å². The lowest BCUT2D eigenvalue weighted by Gasteiger charge is -2.33. The fraction of sp³-hybridized carbons (Fsp3) is 0.533. The summed E-state index contributed by atoms with van der Waals surface area (Å²) in [6.07, 6.45) is 0. The Morgan fingerprint density at radius 3 is 3.11 bits per heavy atom. The minimum atomic E-state index is 0.107. The summed E-state index contributed by atoms with van der Waals surface area (Å²) in [4.78, 5) is 14.2. The Kier molecular flexibility index (Phi) is 4.93. The second-order valence-electron chi connectivity index (χ2n) is 5.29. The molecule has 0 radical (unpaired) electrons. The smallest absolute Gasteiger partial charge is 0.234 e. The average molecular weight is 261 g/mol. The van der Waals surface area contributed by atoms with Gasteiger partial charge in [0.15, 0.2) is 0 Å². The van der Waals surface area contributed by atoms with E-state index in [0.717, 1.165) is 25.2 Å². The number of hydrogen-bond donors (Lipinski definition) is 2. The maximum absolute atomic E-state index is 11.9. The molecule has 1 aliphatic rings. The number of carbonyl (C=O) groups is 1. The molecule has 1 saturated heterocycles. The second kappa shape index (κ2) is 6.68. The van der Waals surface area contributed by atoms with Gasteiger partial charge in [-0.3, -0.25) is 9.69 Å². The molecule has 1 atom stereocenters. The van der Waals surface area contributed by atoms with Gasteiger partial charge in [0.1, 0.15) is 0 Å². The minimum Gasteiger partial charge on any atom is -0.351 e. The van der Waals surface area contributed by atoms with E-state index >= 15 is 0 Å². The Bertz CT molecular complexity index is 433. The first kappa shape index (κ1) is 14.0. The molecule has 0 aromatic heterocycles. The van der Waals surface area contributed by atoms with Crippen LogP contribution in [-0.4, -0.2) is 43.0 Å². The van der Waals surface area contributed by atoms with Crippen LogP contribution in [0.1, 0.15) is 18.1 Å². The van der Waals surface area contributed by atoms with E-state index in [9.17, 15) is 4.79 Å². The van der Waals surface area contributed by atoms with Crippen molar-refractivity contribution in [3.8, 4) is 0 Å². The molecule has 0 bridgehead atoms. The van der Waals surface area contributed by atoms with Crippen LogP contribution in [0.4, 0.5) is 0 Å². The Balaban J connectivity index is 1.78. The first-order valence-electron chi connectivity index (χ1n) is 6.92. The van der Waals surface area contributed by atoms with Crippen molar-refractivity contribution in [2.75, 3.05) is 26.2 Å². The lowest BCUT2D eigenvalue weighted by atomic mass is 10.1.